The largest absolute Gasteiger partial charge is 0.509 e. The molecular weight excluding hydrogens is 230 g/mol. The Morgan fingerprint density at radius 1 is 1.50 bits per heavy atom. The van der Waals surface area contributed by atoms with Crippen LogP contribution in [0.25, 0.3) is 0 Å². The summed E-state index contributed by atoms with van der Waals surface area (Å²) in [5, 5.41) is 9.40. The van der Waals surface area contributed by atoms with E-state index >= 15 is 0 Å². The molecule has 0 bridgehead atoms. The first-order valence-electron chi connectivity index (χ1n) is 4.66. The minimum absolute atomic E-state index is 0.206. The highest BCUT2D eigenvalue weighted by molar-refractivity contribution is 6.30. The first-order chi connectivity index (χ1) is 7.67. The molecule has 0 unspecified atom stereocenters. The Labute approximate surface area is 98.3 Å². The van der Waals surface area contributed by atoms with Crippen molar-refractivity contribution < 1.29 is 14.3 Å². The molecule has 1 aromatic rings. The van der Waals surface area contributed by atoms with E-state index in [0.29, 0.717) is 10.6 Å². The van der Waals surface area contributed by atoms with Crippen LogP contribution in [0, 0.1) is 11.3 Å². The molecule has 4 nitrogen and oxygen atoms in total. The molecular formula is C11H10ClNO3. The summed E-state index contributed by atoms with van der Waals surface area (Å²) in [4.78, 5) is 11.0. The van der Waals surface area contributed by atoms with Crippen LogP contribution in [-0.4, -0.2) is 12.8 Å². The molecule has 0 saturated carbocycles. The number of ether oxygens (including phenoxy) is 2. The van der Waals surface area contributed by atoms with E-state index in [9.17, 15) is 4.79 Å². The summed E-state index contributed by atoms with van der Waals surface area (Å²) in [7, 11) is 0. The maximum absolute atomic E-state index is 11.0. The molecule has 0 fully saturated rings. The van der Waals surface area contributed by atoms with Crippen molar-refractivity contribution in [3.05, 3.63) is 34.9 Å². The standard InChI is InChI=1S/C11H10ClNO3/c1-2-15-11(14)16-10(7-13)8-3-5-9(12)6-4-8/h3-6,10H,2H2,1H3/t10-/m0/s1. The number of benzene rings is 1. The lowest BCUT2D eigenvalue weighted by Gasteiger charge is -2.10. The number of carbonyl (C=O) groups is 1. The first kappa shape index (κ1) is 12.3. The summed E-state index contributed by atoms with van der Waals surface area (Å²) in [6.07, 6.45) is -1.83. The average Bonchev–Trinajstić information content (AvgIpc) is 2.27. The van der Waals surface area contributed by atoms with Gasteiger partial charge in [-0.05, 0) is 19.1 Å². The Balaban J connectivity index is 2.72. The number of nitriles is 1. The van der Waals surface area contributed by atoms with Gasteiger partial charge in [0.05, 0.1) is 6.61 Å². The predicted octanol–water partition coefficient (Wildman–Crippen LogP) is 3.08. The quantitative estimate of drug-likeness (QED) is 0.761. The van der Waals surface area contributed by atoms with Gasteiger partial charge in [0.15, 0.2) is 0 Å². The topological polar surface area (TPSA) is 59.3 Å². The Hall–Kier alpha value is -1.73. The van der Waals surface area contributed by atoms with E-state index in [1.54, 1.807) is 31.2 Å². The molecule has 16 heavy (non-hydrogen) atoms. The fourth-order valence-corrected chi connectivity index (χ4v) is 1.18. The van der Waals surface area contributed by atoms with E-state index in [1.807, 2.05) is 6.07 Å². The molecule has 84 valence electrons. The molecule has 0 amide bonds. The highest BCUT2D eigenvalue weighted by atomic mass is 35.5. The van der Waals surface area contributed by atoms with Crippen molar-refractivity contribution in [1.82, 2.24) is 0 Å². The van der Waals surface area contributed by atoms with Crippen LogP contribution < -0.4 is 0 Å². The van der Waals surface area contributed by atoms with Gasteiger partial charge in [0, 0.05) is 10.6 Å². The van der Waals surface area contributed by atoms with Crippen molar-refractivity contribution in [3.8, 4) is 6.07 Å². The molecule has 0 saturated heterocycles. The summed E-state index contributed by atoms with van der Waals surface area (Å²) in [5.74, 6) is 0. The van der Waals surface area contributed by atoms with Crippen LogP contribution in [-0.2, 0) is 9.47 Å². The summed E-state index contributed by atoms with van der Waals surface area (Å²) in [6, 6.07) is 8.34. The van der Waals surface area contributed by atoms with Gasteiger partial charge in [-0.1, -0.05) is 23.7 Å². The number of rotatable bonds is 3. The summed E-state index contributed by atoms with van der Waals surface area (Å²) in [5.41, 5.74) is 0.556. The minimum Gasteiger partial charge on any atom is -0.435 e. The van der Waals surface area contributed by atoms with E-state index in [2.05, 4.69) is 4.74 Å². The second kappa shape index (κ2) is 5.99. The molecule has 0 heterocycles. The lowest BCUT2D eigenvalue weighted by molar-refractivity contribution is 0.0421. The van der Waals surface area contributed by atoms with Gasteiger partial charge in [-0.2, -0.15) is 5.26 Å². The molecule has 0 radical (unpaired) electrons. The number of halogens is 1. The van der Waals surface area contributed by atoms with E-state index in [0.717, 1.165) is 0 Å². The summed E-state index contributed by atoms with van der Waals surface area (Å²) < 4.78 is 9.38. The molecule has 5 heteroatoms. The minimum atomic E-state index is -0.976. The second-order valence-electron chi connectivity index (χ2n) is 2.86. The molecule has 1 rings (SSSR count). The van der Waals surface area contributed by atoms with Gasteiger partial charge in [0.1, 0.15) is 6.07 Å². The number of carbonyl (C=O) groups excluding carboxylic acids is 1. The van der Waals surface area contributed by atoms with Crippen molar-refractivity contribution in [2.75, 3.05) is 6.61 Å². The number of hydrogen-bond acceptors (Lipinski definition) is 4. The monoisotopic (exact) mass is 239 g/mol. The Morgan fingerprint density at radius 3 is 2.62 bits per heavy atom. The van der Waals surface area contributed by atoms with Crippen LogP contribution in [0.2, 0.25) is 5.02 Å². The maximum Gasteiger partial charge on any atom is 0.509 e. The van der Waals surface area contributed by atoms with E-state index < -0.39 is 12.3 Å². The van der Waals surface area contributed by atoms with E-state index in [1.165, 1.54) is 0 Å². The van der Waals surface area contributed by atoms with Crippen molar-refractivity contribution in [2.45, 2.75) is 13.0 Å². The second-order valence-corrected chi connectivity index (χ2v) is 3.30. The van der Waals surface area contributed by atoms with Crippen LogP contribution in [0.5, 0.6) is 0 Å². The Morgan fingerprint density at radius 2 is 2.12 bits per heavy atom. The van der Waals surface area contributed by atoms with Crippen LogP contribution in [0.1, 0.15) is 18.6 Å². The molecule has 0 aromatic heterocycles. The normalized spacial score (nSPS) is 11.3. The molecule has 1 atom stereocenters. The molecule has 1 aromatic carbocycles. The van der Waals surface area contributed by atoms with Crippen LogP contribution in [0.4, 0.5) is 4.79 Å². The SMILES string of the molecule is CCOC(=O)O[C@@H](C#N)c1ccc(Cl)cc1. The summed E-state index contributed by atoms with van der Waals surface area (Å²) >= 11 is 5.70. The smallest absolute Gasteiger partial charge is 0.435 e. The van der Waals surface area contributed by atoms with Gasteiger partial charge >= 0.3 is 6.16 Å². The van der Waals surface area contributed by atoms with Crippen molar-refractivity contribution in [3.63, 3.8) is 0 Å². The maximum atomic E-state index is 11.0. The zero-order chi connectivity index (χ0) is 12.0. The average molecular weight is 240 g/mol. The predicted molar refractivity (Wildman–Crippen MR) is 57.9 cm³/mol. The van der Waals surface area contributed by atoms with Crippen molar-refractivity contribution >= 4 is 17.8 Å². The molecule has 0 aliphatic heterocycles. The van der Waals surface area contributed by atoms with Crippen LogP contribution >= 0.6 is 11.6 Å². The van der Waals surface area contributed by atoms with Gasteiger partial charge in [0.25, 0.3) is 0 Å². The van der Waals surface area contributed by atoms with Crippen LogP contribution in [0.3, 0.4) is 0 Å². The van der Waals surface area contributed by atoms with Crippen LogP contribution in [0.15, 0.2) is 24.3 Å². The number of hydrogen-bond donors (Lipinski definition) is 0. The van der Waals surface area contributed by atoms with Crippen molar-refractivity contribution in [2.24, 2.45) is 0 Å². The van der Waals surface area contributed by atoms with E-state index in [-0.39, 0.29) is 6.61 Å². The lowest BCUT2D eigenvalue weighted by Crippen LogP contribution is -2.11. The zero-order valence-corrected chi connectivity index (χ0v) is 9.40. The third-order valence-corrected chi connectivity index (χ3v) is 2.02. The molecule has 0 aliphatic carbocycles. The van der Waals surface area contributed by atoms with Gasteiger partial charge < -0.3 is 9.47 Å². The van der Waals surface area contributed by atoms with Gasteiger partial charge in [-0.3, -0.25) is 0 Å². The summed E-state index contributed by atoms with van der Waals surface area (Å²) in [6.45, 7) is 1.86. The lowest BCUT2D eigenvalue weighted by atomic mass is 10.1. The fraction of sp³-hybridized carbons (Fsp3) is 0.273. The molecule has 0 N–H and O–H groups in total. The first-order valence-corrected chi connectivity index (χ1v) is 5.03. The van der Waals surface area contributed by atoms with Gasteiger partial charge in [-0.25, -0.2) is 4.79 Å². The van der Waals surface area contributed by atoms with Gasteiger partial charge in [-0.15, -0.1) is 0 Å². The Kier molecular flexibility index (Phi) is 4.62. The fourth-order valence-electron chi connectivity index (χ4n) is 1.05. The third-order valence-electron chi connectivity index (χ3n) is 1.77. The van der Waals surface area contributed by atoms with Crippen molar-refractivity contribution in [1.29, 1.82) is 5.26 Å². The van der Waals surface area contributed by atoms with E-state index in [4.69, 9.17) is 21.6 Å². The Bertz CT molecular complexity index is 397. The molecule has 0 spiro atoms. The number of nitrogens with zero attached hydrogens (tertiary/aromatic N) is 1. The highest BCUT2D eigenvalue weighted by Crippen LogP contribution is 2.19. The van der Waals surface area contributed by atoms with Gasteiger partial charge in [0.2, 0.25) is 6.10 Å². The zero-order valence-electron chi connectivity index (χ0n) is 8.64. The third kappa shape index (κ3) is 3.44. The highest BCUT2D eigenvalue weighted by Gasteiger charge is 2.16. The molecule has 0 aliphatic rings.